The molecular weight excluding hydrogens is 1800 g/mol. The second-order valence-electron chi connectivity index (χ2n) is 38.8. The van der Waals surface area contributed by atoms with Gasteiger partial charge in [0.2, 0.25) is 0 Å². The number of rotatable bonds is 7. The Hall–Kier alpha value is -11.1. The van der Waals surface area contributed by atoms with Crippen LogP contribution >= 0.6 is 11.8 Å². The smallest absolute Gasteiger partial charge is 0.182 e. The standard InChI is InChI=1S/C19H22.C18H20O.C18H20.C17H19N.C17H18O2S.C17H18O.C17H18S.7C2H6.CH4/c1-14(2)19-17-12-5-3-8-15(17)10-7-11-16-9-4-6-13-18(16)19;1-13(2)18-16-9-5-3-7-14(16)11-19-12-15-8-4-6-10-17(15)18;1-13(2)18-16-9-5-3-7-14(16)11-12-15-8-4-6-10-17(15)18;1-12(2)17-14-8-4-3-7-13(14)11-18-16-10-6-5-9-15(16)17;1-12(2)17-14-8-4-3-7-13(14)11-20(18,19)16-10-6-5-9-15(16)17;2*1-12(2)17-14-8-4-3-7-13(14)11-18-16-10-6-5-9-15(16)17;7*1-2;/h3-6,8-9,12-14,19H,7,10-11H2,1-2H3;3-10,13,18H,11-12H2,1-2H3;3-10,13,18H,11-12H2,1-2H3;3-10,12,17-18H,11H2,1-2H3;3-10,12,17H,11H2,1-2H3;2*3-10,12,17H,11H2,1-2H3;7*1-2H3;1H4. The molecule has 0 saturated heterocycles. The van der Waals surface area contributed by atoms with Crippen molar-refractivity contribution >= 4 is 27.3 Å². The van der Waals surface area contributed by atoms with E-state index in [4.69, 9.17) is 9.47 Å². The molecule has 14 aromatic rings. The van der Waals surface area contributed by atoms with Crippen LogP contribution in [-0.4, -0.2) is 8.42 Å². The van der Waals surface area contributed by atoms with Crippen LogP contribution in [0.4, 0.5) is 5.69 Å². The minimum absolute atomic E-state index is 0. The van der Waals surface area contributed by atoms with E-state index in [0.717, 1.165) is 34.7 Å². The van der Waals surface area contributed by atoms with Crippen LogP contribution < -0.4 is 10.1 Å². The van der Waals surface area contributed by atoms with Crippen molar-refractivity contribution in [2.75, 3.05) is 5.32 Å². The number of benzene rings is 14. The maximum Gasteiger partial charge on any atom is 0.182 e. The summed E-state index contributed by atoms with van der Waals surface area (Å²) in [6.07, 6.45) is 6.05. The number of hydrogen-bond acceptors (Lipinski definition) is 6. The minimum Gasteiger partial charge on any atom is -0.489 e. The van der Waals surface area contributed by atoms with Gasteiger partial charge in [-0.1, -0.05) is 517 Å². The van der Waals surface area contributed by atoms with Gasteiger partial charge in [-0.2, -0.15) is 0 Å². The predicted molar refractivity (Wildman–Crippen MR) is 633 cm³/mol. The van der Waals surface area contributed by atoms with E-state index in [1.165, 1.54) is 137 Å². The molecule has 0 spiro atoms. The van der Waals surface area contributed by atoms with Crippen LogP contribution in [0.25, 0.3) is 0 Å². The highest BCUT2D eigenvalue weighted by Crippen LogP contribution is 2.49. The first-order chi connectivity index (χ1) is 70.1. The van der Waals surface area contributed by atoms with Crippen LogP contribution in [0.2, 0.25) is 0 Å². The average molecular weight is 1980 g/mol. The number of ether oxygens (including phenoxy) is 2. The first-order valence-electron chi connectivity index (χ1n) is 55.1. The number of aryl methyl sites for hydroxylation is 4. The molecule has 0 fully saturated rings. The quantitative estimate of drug-likeness (QED) is 0.172. The van der Waals surface area contributed by atoms with Crippen LogP contribution in [0.3, 0.4) is 0 Å². The number of fused-ring (bicyclic) bond motifs is 14. The van der Waals surface area contributed by atoms with E-state index in [-0.39, 0.29) is 19.1 Å². The molecule has 5 heterocycles. The monoisotopic (exact) mass is 1980 g/mol. The zero-order valence-corrected chi connectivity index (χ0v) is 94.8. The van der Waals surface area contributed by atoms with E-state index < -0.39 is 9.84 Å². The highest BCUT2D eigenvalue weighted by molar-refractivity contribution is 7.98. The number of para-hydroxylation sites is 2. The van der Waals surface area contributed by atoms with Crippen molar-refractivity contribution in [3.05, 3.63) is 473 Å². The lowest BCUT2D eigenvalue weighted by atomic mass is 9.76. The van der Waals surface area contributed by atoms with Gasteiger partial charge in [-0.05, 0) is 226 Å². The second-order valence-corrected chi connectivity index (χ2v) is 41.8. The van der Waals surface area contributed by atoms with Gasteiger partial charge in [0.1, 0.15) is 12.4 Å². The molecule has 0 radical (unpaired) electrons. The minimum atomic E-state index is -3.26. The van der Waals surface area contributed by atoms with Crippen molar-refractivity contribution < 1.29 is 17.9 Å². The summed E-state index contributed by atoms with van der Waals surface area (Å²) in [5, 5.41) is 3.57. The Morgan fingerprint density at radius 2 is 0.497 bits per heavy atom. The zero-order chi connectivity index (χ0) is 105. The predicted octanol–water partition coefficient (Wildman–Crippen LogP) is 39.5. The molecule has 4 unspecified atom stereocenters. The van der Waals surface area contributed by atoms with E-state index in [9.17, 15) is 8.42 Å². The van der Waals surface area contributed by atoms with Gasteiger partial charge in [-0.15, -0.1) is 11.8 Å². The molecule has 5 nitrogen and oxygen atoms in total. The highest BCUT2D eigenvalue weighted by atomic mass is 32.2. The third kappa shape index (κ3) is 31.3. The van der Waals surface area contributed by atoms with Gasteiger partial charge < -0.3 is 14.8 Å². The lowest BCUT2D eigenvalue weighted by Crippen LogP contribution is -2.16. The Bertz CT molecular complexity index is 5430. The Morgan fingerprint density at radius 1 is 0.248 bits per heavy atom. The Balaban J connectivity index is 0.000000224. The second kappa shape index (κ2) is 62.8. The zero-order valence-electron chi connectivity index (χ0n) is 93.1. The van der Waals surface area contributed by atoms with Gasteiger partial charge in [0.15, 0.2) is 9.84 Å². The van der Waals surface area contributed by atoms with Crippen molar-refractivity contribution in [2.24, 2.45) is 41.4 Å². The molecular formula is C138H181NO4S2. The van der Waals surface area contributed by atoms with E-state index >= 15 is 0 Å². The summed E-state index contributed by atoms with van der Waals surface area (Å²) in [6, 6.07) is 121. The van der Waals surface area contributed by atoms with Gasteiger partial charge >= 0.3 is 0 Å². The lowest BCUT2D eigenvalue weighted by molar-refractivity contribution is 0.103. The fraction of sp³-hybridized carbons (Fsp3) is 0.391. The van der Waals surface area contributed by atoms with Gasteiger partial charge in [-0.25, -0.2) is 8.42 Å². The average Bonchev–Trinajstić information content (AvgIpc) is 1.58. The van der Waals surface area contributed by atoms with E-state index in [0.29, 0.717) is 102 Å². The maximum atomic E-state index is 12.6. The molecule has 5 aliphatic heterocycles. The lowest BCUT2D eigenvalue weighted by Gasteiger charge is -2.29. The molecule has 0 aromatic heterocycles. The molecule has 0 amide bonds. The highest BCUT2D eigenvalue weighted by Gasteiger charge is 2.36. The SMILES string of the molecule is C.CC.CC.CC.CC.CC.CC.CC.CC(C)C1c2ccccc2CCCc2ccccc21.CC(C)C1c2ccccc2CCc2ccccc21.CC(C)C1c2ccccc2CNc2ccccc21.CC(C)C1c2ccccc2COCc2ccccc21.CC(C)C1c2ccccc2COc2ccccc21.CC(C)C1c2ccccc2CS(=O)(=O)c2ccccc21.CC(C)C1c2ccccc2CSc2ccccc21. The third-order valence-corrected chi connectivity index (χ3v) is 30.5. The van der Waals surface area contributed by atoms with Gasteiger partial charge in [0.05, 0.1) is 23.9 Å². The summed E-state index contributed by atoms with van der Waals surface area (Å²) in [6.45, 7) is 63.2. The fourth-order valence-electron chi connectivity index (χ4n) is 21.8. The van der Waals surface area contributed by atoms with Gasteiger partial charge in [0, 0.05) is 69.9 Å². The molecule has 21 rings (SSSR count). The van der Waals surface area contributed by atoms with Crippen LogP contribution in [0.1, 0.15) is 383 Å². The molecule has 0 saturated carbocycles. The number of anilines is 1. The maximum absolute atomic E-state index is 12.6. The first kappa shape index (κ1) is 121. The van der Waals surface area contributed by atoms with E-state index in [1.54, 1.807) is 28.3 Å². The molecule has 7 aliphatic rings. The molecule has 4 atom stereocenters. The fourth-order valence-corrected chi connectivity index (χ4v) is 24.6. The van der Waals surface area contributed by atoms with Crippen molar-refractivity contribution in [3.8, 4) is 5.75 Å². The van der Waals surface area contributed by atoms with Crippen molar-refractivity contribution in [1.29, 1.82) is 0 Å². The van der Waals surface area contributed by atoms with Crippen molar-refractivity contribution in [2.45, 2.75) is 322 Å². The number of nitrogens with one attached hydrogen (secondary N) is 1. The molecule has 1 N–H and O–H groups in total. The van der Waals surface area contributed by atoms with Crippen molar-refractivity contribution in [3.63, 3.8) is 0 Å². The van der Waals surface area contributed by atoms with E-state index in [1.807, 2.05) is 151 Å². The Morgan fingerprint density at radius 3 is 0.897 bits per heavy atom. The topological polar surface area (TPSA) is 64.6 Å². The molecule has 0 bridgehead atoms. The van der Waals surface area contributed by atoms with Crippen LogP contribution in [-0.2, 0) is 78.1 Å². The molecule has 145 heavy (non-hydrogen) atoms. The number of thioether (sulfide) groups is 1. The summed E-state index contributed by atoms with van der Waals surface area (Å²) in [4.78, 5) is 1.95. The summed E-state index contributed by atoms with van der Waals surface area (Å²) >= 11 is 1.97. The van der Waals surface area contributed by atoms with Crippen LogP contribution in [0, 0.1) is 41.4 Å². The summed E-state index contributed by atoms with van der Waals surface area (Å²) < 4.78 is 37.1. The van der Waals surface area contributed by atoms with Crippen LogP contribution in [0.5, 0.6) is 5.75 Å². The molecule has 774 valence electrons. The summed E-state index contributed by atoms with van der Waals surface area (Å²) in [5.41, 5.74) is 35.0. The number of hydrogen-bond donors (Lipinski definition) is 1. The van der Waals surface area contributed by atoms with Gasteiger partial charge in [0.25, 0.3) is 0 Å². The molecule has 7 heteroatoms. The third-order valence-electron chi connectivity index (χ3n) is 27.6. The summed E-state index contributed by atoms with van der Waals surface area (Å²) in [7, 11) is -3.26. The van der Waals surface area contributed by atoms with Gasteiger partial charge in [-0.3, -0.25) is 0 Å². The summed E-state index contributed by atoms with van der Waals surface area (Å²) in [5.74, 6) is 9.42. The normalized spacial score (nSPS) is 15.6. The Kier molecular flexibility index (Phi) is 52.4. The first-order valence-corrected chi connectivity index (χ1v) is 57.7. The van der Waals surface area contributed by atoms with E-state index in [2.05, 4.69) is 393 Å². The number of sulfone groups is 1. The largest absolute Gasteiger partial charge is 0.489 e. The Labute approximate surface area is 886 Å². The molecule has 14 aromatic carbocycles. The van der Waals surface area contributed by atoms with Crippen LogP contribution in [0.15, 0.2) is 350 Å². The van der Waals surface area contributed by atoms with Crippen molar-refractivity contribution in [1.82, 2.24) is 0 Å². The molecule has 2 aliphatic carbocycles.